The summed E-state index contributed by atoms with van der Waals surface area (Å²) in [5.41, 5.74) is 2.92. The number of nitrogens with one attached hydrogen (secondary N) is 2. The lowest BCUT2D eigenvalue weighted by molar-refractivity contribution is -0.119. The van der Waals surface area contributed by atoms with E-state index < -0.39 is 0 Å². The molecule has 0 aliphatic rings. The summed E-state index contributed by atoms with van der Waals surface area (Å²) in [6.45, 7) is 2.70. The number of aromatic nitrogens is 1. The summed E-state index contributed by atoms with van der Waals surface area (Å²) < 4.78 is 1.02. The van der Waals surface area contributed by atoms with Crippen molar-refractivity contribution in [3.05, 3.63) is 58.3 Å². The van der Waals surface area contributed by atoms with E-state index in [0.29, 0.717) is 6.54 Å². The summed E-state index contributed by atoms with van der Waals surface area (Å²) in [7, 11) is 0. The fourth-order valence-corrected chi connectivity index (χ4v) is 2.02. The van der Waals surface area contributed by atoms with E-state index in [4.69, 9.17) is 0 Å². The minimum atomic E-state index is -0.0626. The molecule has 1 aromatic carbocycles. The van der Waals surface area contributed by atoms with E-state index in [1.54, 1.807) is 6.20 Å². The summed E-state index contributed by atoms with van der Waals surface area (Å²) in [5.74, 6) is -0.0626. The number of pyridine rings is 1. The fourth-order valence-electron chi connectivity index (χ4n) is 1.64. The minimum absolute atomic E-state index is 0.0626. The first-order valence-corrected chi connectivity index (χ1v) is 7.11. The third-order valence-corrected chi connectivity index (χ3v) is 3.67. The van der Waals surface area contributed by atoms with Crippen LogP contribution >= 0.6 is 15.9 Å². The molecule has 0 saturated heterocycles. The average Bonchev–Trinajstić information content (AvgIpc) is 2.47. The predicted molar refractivity (Wildman–Crippen MR) is 83.5 cm³/mol. The molecule has 0 fully saturated rings. The fraction of sp³-hybridized carbons (Fsp3) is 0.200. The van der Waals surface area contributed by atoms with Crippen LogP contribution in [0.2, 0.25) is 0 Å². The quantitative estimate of drug-likeness (QED) is 0.884. The Labute approximate surface area is 126 Å². The Morgan fingerprint density at radius 3 is 2.85 bits per heavy atom. The second-order valence-electron chi connectivity index (χ2n) is 4.42. The standard InChI is InChI=1S/C15H16BrN3O/c1-11-5-6-12(8-14(11)16)18-10-15(20)19-9-13-4-2-3-7-17-13/h2-8,18H,9-10H2,1H3,(H,19,20). The van der Waals surface area contributed by atoms with Crippen molar-refractivity contribution in [3.8, 4) is 0 Å². The molecule has 104 valence electrons. The number of hydrogen-bond acceptors (Lipinski definition) is 3. The van der Waals surface area contributed by atoms with Crippen LogP contribution in [0.4, 0.5) is 5.69 Å². The Morgan fingerprint density at radius 2 is 2.15 bits per heavy atom. The third-order valence-electron chi connectivity index (χ3n) is 2.82. The molecule has 1 heterocycles. The van der Waals surface area contributed by atoms with Gasteiger partial charge < -0.3 is 10.6 Å². The molecule has 4 nitrogen and oxygen atoms in total. The van der Waals surface area contributed by atoms with Crippen molar-refractivity contribution in [2.24, 2.45) is 0 Å². The Morgan fingerprint density at radius 1 is 1.30 bits per heavy atom. The molecule has 0 bridgehead atoms. The van der Waals surface area contributed by atoms with Crippen LogP contribution in [-0.4, -0.2) is 17.4 Å². The van der Waals surface area contributed by atoms with Gasteiger partial charge >= 0.3 is 0 Å². The van der Waals surface area contributed by atoms with Crippen LogP contribution in [0.25, 0.3) is 0 Å². The highest BCUT2D eigenvalue weighted by Gasteiger charge is 2.02. The lowest BCUT2D eigenvalue weighted by Crippen LogP contribution is -2.29. The summed E-state index contributed by atoms with van der Waals surface area (Å²) >= 11 is 3.47. The molecule has 0 aliphatic heterocycles. The molecule has 5 heteroatoms. The van der Waals surface area contributed by atoms with Gasteiger partial charge in [0.1, 0.15) is 0 Å². The molecule has 20 heavy (non-hydrogen) atoms. The van der Waals surface area contributed by atoms with Crippen molar-refractivity contribution in [2.45, 2.75) is 13.5 Å². The first-order chi connectivity index (χ1) is 9.65. The van der Waals surface area contributed by atoms with Gasteiger partial charge in [-0.25, -0.2) is 0 Å². The molecule has 0 unspecified atom stereocenters. The van der Waals surface area contributed by atoms with Crippen molar-refractivity contribution >= 4 is 27.5 Å². The second-order valence-corrected chi connectivity index (χ2v) is 5.27. The molecule has 0 aliphatic carbocycles. The molecule has 2 aromatic rings. The van der Waals surface area contributed by atoms with Crippen LogP contribution in [0.1, 0.15) is 11.3 Å². The maximum absolute atomic E-state index is 11.7. The first-order valence-electron chi connectivity index (χ1n) is 6.32. The third kappa shape index (κ3) is 4.35. The Hall–Kier alpha value is -1.88. The number of hydrogen-bond donors (Lipinski definition) is 2. The number of carbonyl (C=O) groups excluding carboxylic acids is 1. The summed E-state index contributed by atoms with van der Waals surface area (Å²) in [6, 6.07) is 11.5. The lowest BCUT2D eigenvalue weighted by atomic mass is 10.2. The number of rotatable bonds is 5. The van der Waals surface area contributed by atoms with Gasteiger partial charge in [0.2, 0.25) is 5.91 Å². The van der Waals surface area contributed by atoms with E-state index >= 15 is 0 Å². The van der Waals surface area contributed by atoms with Crippen molar-refractivity contribution in [3.63, 3.8) is 0 Å². The highest BCUT2D eigenvalue weighted by Crippen LogP contribution is 2.20. The molecule has 1 aromatic heterocycles. The monoisotopic (exact) mass is 333 g/mol. The zero-order chi connectivity index (χ0) is 14.4. The summed E-state index contributed by atoms with van der Waals surface area (Å²) in [6.07, 6.45) is 1.71. The number of aryl methyl sites for hydroxylation is 1. The zero-order valence-electron chi connectivity index (χ0n) is 11.2. The van der Waals surface area contributed by atoms with Crippen LogP contribution in [0.15, 0.2) is 47.1 Å². The topological polar surface area (TPSA) is 54.0 Å². The number of amides is 1. The van der Waals surface area contributed by atoms with E-state index in [9.17, 15) is 4.79 Å². The summed E-state index contributed by atoms with van der Waals surface area (Å²) in [4.78, 5) is 15.9. The van der Waals surface area contributed by atoms with Gasteiger partial charge in [0.25, 0.3) is 0 Å². The SMILES string of the molecule is Cc1ccc(NCC(=O)NCc2ccccn2)cc1Br. The van der Waals surface area contributed by atoms with Crippen molar-refractivity contribution < 1.29 is 4.79 Å². The molecular weight excluding hydrogens is 318 g/mol. The number of benzene rings is 1. The lowest BCUT2D eigenvalue weighted by Gasteiger charge is -2.08. The number of nitrogens with zero attached hydrogens (tertiary/aromatic N) is 1. The first kappa shape index (κ1) is 14.5. The second kappa shape index (κ2) is 7.05. The van der Waals surface area contributed by atoms with E-state index in [0.717, 1.165) is 21.4 Å². The highest BCUT2D eigenvalue weighted by atomic mass is 79.9. The highest BCUT2D eigenvalue weighted by molar-refractivity contribution is 9.10. The van der Waals surface area contributed by atoms with Gasteiger partial charge in [-0.15, -0.1) is 0 Å². The predicted octanol–water partition coefficient (Wildman–Crippen LogP) is 2.88. The van der Waals surface area contributed by atoms with E-state index in [-0.39, 0.29) is 12.5 Å². The van der Waals surface area contributed by atoms with Gasteiger partial charge in [-0.2, -0.15) is 0 Å². The van der Waals surface area contributed by atoms with E-state index in [1.165, 1.54) is 0 Å². The zero-order valence-corrected chi connectivity index (χ0v) is 12.8. The molecule has 2 rings (SSSR count). The average molecular weight is 334 g/mol. The van der Waals surface area contributed by atoms with Gasteiger partial charge in [0.05, 0.1) is 18.8 Å². The summed E-state index contributed by atoms with van der Waals surface area (Å²) in [5, 5.41) is 5.91. The van der Waals surface area contributed by atoms with Gasteiger partial charge in [-0.05, 0) is 36.8 Å². The van der Waals surface area contributed by atoms with Crippen molar-refractivity contribution in [1.82, 2.24) is 10.3 Å². The van der Waals surface area contributed by atoms with Crippen LogP contribution < -0.4 is 10.6 Å². The van der Waals surface area contributed by atoms with Crippen LogP contribution in [-0.2, 0) is 11.3 Å². The van der Waals surface area contributed by atoms with Crippen molar-refractivity contribution in [1.29, 1.82) is 0 Å². The Kier molecular flexibility index (Phi) is 5.12. The molecule has 0 saturated carbocycles. The number of carbonyl (C=O) groups is 1. The molecule has 2 N–H and O–H groups in total. The van der Waals surface area contributed by atoms with E-state index in [1.807, 2.05) is 43.3 Å². The molecule has 0 spiro atoms. The van der Waals surface area contributed by atoms with E-state index in [2.05, 4.69) is 31.5 Å². The minimum Gasteiger partial charge on any atom is -0.376 e. The largest absolute Gasteiger partial charge is 0.376 e. The Balaban J connectivity index is 1.79. The van der Waals surface area contributed by atoms with Gasteiger partial charge in [-0.3, -0.25) is 9.78 Å². The smallest absolute Gasteiger partial charge is 0.239 e. The molecule has 0 atom stereocenters. The van der Waals surface area contributed by atoms with Gasteiger partial charge in [-0.1, -0.05) is 28.1 Å². The van der Waals surface area contributed by atoms with Crippen LogP contribution in [0.5, 0.6) is 0 Å². The Bertz CT molecular complexity index is 587. The molecular formula is C15H16BrN3O. The van der Waals surface area contributed by atoms with Crippen molar-refractivity contribution in [2.75, 3.05) is 11.9 Å². The van der Waals surface area contributed by atoms with Gasteiger partial charge in [0.15, 0.2) is 0 Å². The number of anilines is 1. The molecule has 0 radical (unpaired) electrons. The maximum atomic E-state index is 11.7. The maximum Gasteiger partial charge on any atom is 0.239 e. The number of halogens is 1. The van der Waals surface area contributed by atoms with Crippen LogP contribution in [0.3, 0.4) is 0 Å². The van der Waals surface area contributed by atoms with Gasteiger partial charge in [0, 0.05) is 16.4 Å². The van der Waals surface area contributed by atoms with Crippen LogP contribution in [0, 0.1) is 6.92 Å². The normalized spacial score (nSPS) is 10.1. The molecule has 1 amide bonds.